The molecule has 1 unspecified atom stereocenters. The first-order valence-corrected chi connectivity index (χ1v) is 7.80. The number of carboxylic acids is 1. The number of hydrogen-bond acceptors (Lipinski definition) is 3. The summed E-state index contributed by atoms with van der Waals surface area (Å²) in [7, 11) is -3.15. The SMILES string of the molecule is CC1CN(CCc2ccccc2C(=O)O)S(=O)(=O)C1. The van der Waals surface area contributed by atoms with Gasteiger partial charge in [0.1, 0.15) is 0 Å². The van der Waals surface area contributed by atoms with Gasteiger partial charge in [0.25, 0.3) is 0 Å². The lowest BCUT2D eigenvalue weighted by Gasteiger charge is -2.15. The number of hydrogen-bond donors (Lipinski definition) is 1. The molecule has 1 aliphatic rings. The van der Waals surface area contributed by atoms with E-state index in [9.17, 15) is 13.2 Å². The van der Waals surface area contributed by atoms with Gasteiger partial charge in [0.05, 0.1) is 11.3 Å². The van der Waals surface area contributed by atoms with Crippen molar-refractivity contribution in [2.75, 3.05) is 18.8 Å². The van der Waals surface area contributed by atoms with Crippen LogP contribution < -0.4 is 0 Å². The third kappa shape index (κ3) is 3.13. The van der Waals surface area contributed by atoms with Gasteiger partial charge in [0.15, 0.2) is 0 Å². The number of carbonyl (C=O) groups is 1. The molecule has 0 radical (unpaired) electrons. The third-order valence-electron chi connectivity index (χ3n) is 3.28. The second kappa shape index (κ2) is 5.30. The lowest BCUT2D eigenvalue weighted by molar-refractivity contribution is 0.0695. The number of aromatic carboxylic acids is 1. The minimum Gasteiger partial charge on any atom is -0.478 e. The van der Waals surface area contributed by atoms with Gasteiger partial charge in [-0.25, -0.2) is 17.5 Å². The maximum absolute atomic E-state index is 11.8. The van der Waals surface area contributed by atoms with Crippen LogP contribution >= 0.6 is 0 Å². The molecule has 1 N–H and O–H groups in total. The molecule has 1 fully saturated rings. The number of rotatable bonds is 4. The molecular weight excluding hydrogens is 266 g/mol. The molecule has 5 nitrogen and oxygen atoms in total. The van der Waals surface area contributed by atoms with Crippen molar-refractivity contribution < 1.29 is 18.3 Å². The Morgan fingerprint density at radius 1 is 1.42 bits per heavy atom. The molecule has 6 heteroatoms. The molecule has 2 rings (SSSR count). The van der Waals surface area contributed by atoms with E-state index in [2.05, 4.69) is 0 Å². The van der Waals surface area contributed by atoms with Crippen LogP contribution in [-0.2, 0) is 16.4 Å². The number of carboxylic acid groups (broad SMARTS) is 1. The molecule has 19 heavy (non-hydrogen) atoms. The monoisotopic (exact) mass is 283 g/mol. The van der Waals surface area contributed by atoms with E-state index in [-0.39, 0.29) is 17.2 Å². The molecule has 1 atom stereocenters. The highest BCUT2D eigenvalue weighted by atomic mass is 32.2. The van der Waals surface area contributed by atoms with Gasteiger partial charge in [-0.15, -0.1) is 0 Å². The van der Waals surface area contributed by atoms with Crippen LogP contribution in [0.25, 0.3) is 0 Å². The van der Waals surface area contributed by atoms with Crippen LogP contribution in [0.1, 0.15) is 22.8 Å². The van der Waals surface area contributed by atoms with Crippen molar-refractivity contribution in [1.29, 1.82) is 0 Å². The average Bonchev–Trinajstić information content (AvgIpc) is 2.59. The molecule has 1 heterocycles. The molecule has 1 saturated heterocycles. The number of nitrogens with zero attached hydrogens (tertiary/aromatic N) is 1. The van der Waals surface area contributed by atoms with E-state index < -0.39 is 16.0 Å². The van der Waals surface area contributed by atoms with E-state index in [0.717, 1.165) is 0 Å². The maximum Gasteiger partial charge on any atom is 0.335 e. The van der Waals surface area contributed by atoms with Crippen molar-refractivity contribution in [3.05, 3.63) is 35.4 Å². The smallest absolute Gasteiger partial charge is 0.335 e. The average molecular weight is 283 g/mol. The molecule has 0 bridgehead atoms. The van der Waals surface area contributed by atoms with Gasteiger partial charge in [0.2, 0.25) is 10.0 Å². The van der Waals surface area contributed by atoms with Crippen molar-refractivity contribution >= 4 is 16.0 Å². The highest BCUT2D eigenvalue weighted by Gasteiger charge is 2.33. The van der Waals surface area contributed by atoms with Crippen LogP contribution in [0.5, 0.6) is 0 Å². The highest BCUT2D eigenvalue weighted by molar-refractivity contribution is 7.89. The zero-order valence-electron chi connectivity index (χ0n) is 10.7. The van der Waals surface area contributed by atoms with Gasteiger partial charge >= 0.3 is 5.97 Å². The second-order valence-corrected chi connectivity index (χ2v) is 6.97. The van der Waals surface area contributed by atoms with Crippen LogP contribution in [-0.4, -0.2) is 42.6 Å². The van der Waals surface area contributed by atoms with Gasteiger partial charge in [-0.05, 0) is 24.0 Å². The van der Waals surface area contributed by atoms with Crippen LogP contribution in [0.3, 0.4) is 0 Å². The fraction of sp³-hybridized carbons (Fsp3) is 0.462. The van der Waals surface area contributed by atoms with Gasteiger partial charge in [-0.1, -0.05) is 25.1 Å². The summed E-state index contributed by atoms with van der Waals surface area (Å²) in [5.74, 6) is -0.652. The molecule has 0 aliphatic carbocycles. The van der Waals surface area contributed by atoms with Crippen molar-refractivity contribution in [2.24, 2.45) is 5.92 Å². The molecule has 1 aliphatic heterocycles. The molecule has 0 saturated carbocycles. The summed E-state index contributed by atoms with van der Waals surface area (Å²) < 4.78 is 25.1. The lowest BCUT2D eigenvalue weighted by atomic mass is 10.0. The Hall–Kier alpha value is -1.40. The summed E-state index contributed by atoms with van der Waals surface area (Å²) in [4.78, 5) is 11.1. The van der Waals surface area contributed by atoms with E-state index in [1.165, 1.54) is 4.31 Å². The molecule has 1 aromatic rings. The number of benzene rings is 1. The zero-order chi connectivity index (χ0) is 14.0. The first-order chi connectivity index (χ1) is 8.90. The third-order valence-corrected chi connectivity index (χ3v) is 5.39. The molecule has 0 amide bonds. The van der Waals surface area contributed by atoms with Crippen LogP contribution in [0.2, 0.25) is 0 Å². The predicted molar refractivity (Wildman–Crippen MR) is 71.6 cm³/mol. The van der Waals surface area contributed by atoms with Crippen molar-refractivity contribution in [3.63, 3.8) is 0 Å². The van der Waals surface area contributed by atoms with Crippen LogP contribution in [0, 0.1) is 5.92 Å². The Morgan fingerprint density at radius 3 is 2.68 bits per heavy atom. The highest BCUT2D eigenvalue weighted by Crippen LogP contribution is 2.20. The summed E-state index contributed by atoms with van der Waals surface area (Å²) in [5.41, 5.74) is 0.914. The standard InChI is InChI=1S/C13H17NO4S/c1-10-8-14(19(17,18)9-10)7-6-11-4-2-3-5-12(11)13(15)16/h2-5,10H,6-9H2,1H3,(H,15,16). The van der Waals surface area contributed by atoms with Crippen molar-refractivity contribution in [1.82, 2.24) is 4.31 Å². The number of sulfonamides is 1. The van der Waals surface area contributed by atoms with Crippen molar-refractivity contribution in [2.45, 2.75) is 13.3 Å². The van der Waals surface area contributed by atoms with Gasteiger partial charge in [-0.2, -0.15) is 0 Å². The fourth-order valence-electron chi connectivity index (χ4n) is 2.40. The predicted octanol–water partition coefficient (Wildman–Crippen LogP) is 1.21. The lowest BCUT2D eigenvalue weighted by Crippen LogP contribution is -2.28. The molecule has 104 valence electrons. The summed E-state index contributed by atoms with van der Waals surface area (Å²) >= 11 is 0. The van der Waals surface area contributed by atoms with E-state index >= 15 is 0 Å². The topological polar surface area (TPSA) is 74.7 Å². The van der Waals surface area contributed by atoms with E-state index in [4.69, 9.17) is 5.11 Å². The van der Waals surface area contributed by atoms with E-state index in [1.54, 1.807) is 24.3 Å². The van der Waals surface area contributed by atoms with Crippen molar-refractivity contribution in [3.8, 4) is 0 Å². The first kappa shape index (κ1) is 14.0. The molecule has 1 aromatic carbocycles. The maximum atomic E-state index is 11.8. The summed E-state index contributed by atoms with van der Waals surface area (Å²) in [6, 6.07) is 6.71. The fourth-order valence-corrected chi connectivity index (χ4v) is 4.29. The van der Waals surface area contributed by atoms with Gasteiger partial charge in [-0.3, -0.25) is 0 Å². The van der Waals surface area contributed by atoms with Crippen LogP contribution in [0.4, 0.5) is 0 Å². The summed E-state index contributed by atoms with van der Waals surface area (Å²) in [6.45, 7) is 2.78. The molecular formula is C13H17NO4S. The van der Waals surface area contributed by atoms with E-state index in [0.29, 0.717) is 25.1 Å². The summed E-state index contributed by atoms with van der Waals surface area (Å²) in [5, 5.41) is 9.07. The normalized spacial score (nSPS) is 22.5. The quantitative estimate of drug-likeness (QED) is 0.901. The largest absolute Gasteiger partial charge is 0.478 e. The summed E-state index contributed by atoms with van der Waals surface area (Å²) in [6.07, 6.45) is 0.425. The first-order valence-electron chi connectivity index (χ1n) is 6.19. The molecule has 0 aromatic heterocycles. The van der Waals surface area contributed by atoms with E-state index in [1.807, 2.05) is 6.92 Å². The minimum atomic E-state index is -3.15. The second-order valence-electron chi connectivity index (χ2n) is 4.95. The minimum absolute atomic E-state index is 0.139. The van der Waals surface area contributed by atoms with Gasteiger partial charge < -0.3 is 5.11 Å². The Kier molecular flexibility index (Phi) is 3.91. The Bertz CT molecular complexity index is 582. The Balaban J connectivity index is 2.10. The molecule has 0 spiro atoms. The van der Waals surface area contributed by atoms with Crippen LogP contribution in [0.15, 0.2) is 24.3 Å². The van der Waals surface area contributed by atoms with Gasteiger partial charge in [0, 0.05) is 13.1 Å². The Morgan fingerprint density at radius 2 is 2.11 bits per heavy atom. The zero-order valence-corrected chi connectivity index (χ0v) is 11.6. The Labute approximate surface area is 112 Å².